The Labute approximate surface area is 248 Å². The molecule has 2 fully saturated rings. The van der Waals surface area contributed by atoms with E-state index in [4.69, 9.17) is 18.9 Å². The summed E-state index contributed by atoms with van der Waals surface area (Å²) in [5, 5.41) is 0. The Hall–Kier alpha value is -0.900. The van der Waals surface area contributed by atoms with Crippen LogP contribution in [0.1, 0.15) is 35.8 Å². The number of piperidine rings is 2. The lowest BCUT2D eigenvalue weighted by atomic mass is 9.79. The molecule has 2 aromatic carbocycles. The standard InChI is InChI=1S/C27H32Br2N2O4.2ClH/c1-30-5-3-16-13-32-26-20(22(16)11-30)7-18(9-24(26)28)34-15-35-19-8-21-23-12-31(2)6-4-17(23)14-33-27(21)25(29)10-19;;/h7-10,16-17,22-23H,3-6,11-15H2,1-2H3;2*1H/t16-,17-,22-,23-;;/m0../s1. The molecule has 0 spiro atoms. The van der Waals surface area contributed by atoms with E-state index in [1.807, 2.05) is 12.1 Å². The van der Waals surface area contributed by atoms with Gasteiger partial charge in [0.05, 0.1) is 22.2 Å². The number of fused-ring (bicyclic) bond motifs is 6. The third-order valence-corrected chi connectivity index (χ3v) is 9.32. The Balaban J connectivity index is 0.00000160. The van der Waals surface area contributed by atoms with Crippen molar-refractivity contribution < 1.29 is 18.9 Å². The van der Waals surface area contributed by atoms with Crippen molar-refractivity contribution >= 4 is 56.7 Å². The smallest absolute Gasteiger partial charge is 0.230 e. The Morgan fingerprint density at radius 1 is 0.757 bits per heavy atom. The van der Waals surface area contributed by atoms with Gasteiger partial charge in [-0.25, -0.2) is 0 Å². The molecular formula is C27H34Br2Cl2N2O4. The molecule has 0 aromatic heterocycles. The minimum Gasteiger partial charge on any atom is -0.492 e. The van der Waals surface area contributed by atoms with Gasteiger partial charge in [0.15, 0.2) is 0 Å². The van der Waals surface area contributed by atoms with Gasteiger partial charge in [-0.1, -0.05) is 0 Å². The number of rotatable bonds is 4. The zero-order valence-electron chi connectivity index (χ0n) is 21.1. The van der Waals surface area contributed by atoms with Crippen molar-refractivity contribution in [2.24, 2.45) is 11.8 Å². The molecule has 0 aliphatic carbocycles. The predicted octanol–water partition coefficient (Wildman–Crippen LogP) is 6.33. The van der Waals surface area contributed by atoms with Crippen LogP contribution in [0.4, 0.5) is 0 Å². The van der Waals surface area contributed by atoms with Crippen molar-refractivity contribution in [1.82, 2.24) is 9.80 Å². The maximum Gasteiger partial charge on any atom is 0.230 e. The van der Waals surface area contributed by atoms with Crippen LogP contribution in [-0.4, -0.2) is 70.1 Å². The van der Waals surface area contributed by atoms with E-state index in [2.05, 4.69) is 67.9 Å². The SMILES string of the molecule is CN1CC[C@H]2COc3c(Br)cc(OCOc4cc(Br)c5c(c4)[C@H]4CN(C)CC[C@H]4CO5)cc3[C@H]2C1.Cl.Cl. The maximum atomic E-state index is 6.13. The molecule has 0 unspecified atom stereocenters. The van der Waals surface area contributed by atoms with Gasteiger partial charge < -0.3 is 28.7 Å². The highest BCUT2D eigenvalue weighted by Gasteiger charge is 2.37. The largest absolute Gasteiger partial charge is 0.492 e. The molecule has 0 N–H and O–H groups in total. The lowest BCUT2D eigenvalue weighted by Gasteiger charge is -2.41. The summed E-state index contributed by atoms with van der Waals surface area (Å²) < 4.78 is 26.3. The molecule has 2 saturated heterocycles. The van der Waals surface area contributed by atoms with Crippen molar-refractivity contribution in [2.75, 3.05) is 60.3 Å². The molecule has 6 rings (SSSR count). The number of halogens is 4. The molecule has 2 aromatic rings. The Morgan fingerprint density at radius 3 is 1.62 bits per heavy atom. The monoisotopic (exact) mass is 678 g/mol. The van der Waals surface area contributed by atoms with Crippen LogP contribution in [0, 0.1) is 11.8 Å². The molecule has 0 amide bonds. The lowest BCUT2D eigenvalue weighted by molar-refractivity contribution is 0.106. The van der Waals surface area contributed by atoms with Gasteiger partial charge in [-0.15, -0.1) is 24.8 Å². The van der Waals surface area contributed by atoms with Gasteiger partial charge in [0.25, 0.3) is 0 Å². The average Bonchev–Trinajstić information content (AvgIpc) is 2.84. The van der Waals surface area contributed by atoms with Crippen LogP contribution in [0.2, 0.25) is 0 Å². The summed E-state index contributed by atoms with van der Waals surface area (Å²) in [4.78, 5) is 4.82. The molecule has 0 bridgehead atoms. The fourth-order valence-electron chi connectivity index (χ4n) is 6.18. The van der Waals surface area contributed by atoms with Crippen LogP contribution in [0.3, 0.4) is 0 Å². The Bertz CT molecular complexity index is 1040. The van der Waals surface area contributed by atoms with Crippen LogP contribution in [-0.2, 0) is 0 Å². The second-order valence-corrected chi connectivity index (χ2v) is 12.2. The summed E-state index contributed by atoms with van der Waals surface area (Å²) >= 11 is 7.41. The van der Waals surface area contributed by atoms with E-state index >= 15 is 0 Å². The van der Waals surface area contributed by atoms with Crippen molar-refractivity contribution in [2.45, 2.75) is 24.7 Å². The third-order valence-electron chi connectivity index (χ3n) is 8.14. The van der Waals surface area contributed by atoms with Crippen molar-refractivity contribution in [3.05, 3.63) is 44.3 Å². The molecule has 4 heterocycles. The van der Waals surface area contributed by atoms with E-state index in [1.165, 1.54) is 24.0 Å². The number of benzene rings is 2. The number of likely N-dealkylation sites (N-methyl/N-ethyl adjacent to an activating group) is 2. The number of nitrogens with zero attached hydrogens (tertiary/aromatic N) is 2. The summed E-state index contributed by atoms with van der Waals surface area (Å²) in [5.41, 5.74) is 2.47. The highest BCUT2D eigenvalue weighted by Crippen LogP contribution is 2.47. The summed E-state index contributed by atoms with van der Waals surface area (Å²) in [6.45, 7) is 6.09. The van der Waals surface area contributed by atoms with Crippen LogP contribution in [0.25, 0.3) is 0 Å². The summed E-state index contributed by atoms with van der Waals surface area (Å²) in [6, 6.07) is 8.24. The van der Waals surface area contributed by atoms with Crippen molar-refractivity contribution in [1.29, 1.82) is 0 Å². The molecule has 204 valence electrons. The average molecular weight is 681 g/mol. The number of likely N-dealkylation sites (tertiary alicyclic amines) is 2. The molecule has 6 nitrogen and oxygen atoms in total. The minimum absolute atomic E-state index is 0. The molecule has 0 radical (unpaired) electrons. The minimum atomic E-state index is 0. The lowest BCUT2D eigenvalue weighted by Crippen LogP contribution is -2.41. The van der Waals surface area contributed by atoms with Gasteiger partial charge in [0, 0.05) is 47.9 Å². The summed E-state index contributed by atoms with van der Waals surface area (Å²) in [7, 11) is 4.40. The van der Waals surface area contributed by atoms with Crippen LogP contribution >= 0.6 is 56.7 Å². The van der Waals surface area contributed by atoms with Gasteiger partial charge in [-0.2, -0.15) is 0 Å². The zero-order chi connectivity index (χ0) is 24.1. The fourth-order valence-corrected chi connectivity index (χ4v) is 7.31. The Morgan fingerprint density at radius 2 is 1.19 bits per heavy atom. The van der Waals surface area contributed by atoms with Gasteiger partial charge in [0.1, 0.15) is 23.0 Å². The highest BCUT2D eigenvalue weighted by molar-refractivity contribution is 9.11. The molecule has 4 aliphatic heterocycles. The van der Waals surface area contributed by atoms with Crippen LogP contribution < -0.4 is 18.9 Å². The molecular weight excluding hydrogens is 647 g/mol. The Kier molecular flexibility index (Phi) is 9.51. The first-order chi connectivity index (χ1) is 17.0. The predicted molar refractivity (Wildman–Crippen MR) is 157 cm³/mol. The number of hydrogen-bond donors (Lipinski definition) is 0. The molecule has 10 heteroatoms. The van der Waals surface area contributed by atoms with E-state index in [9.17, 15) is 0 Å². The molecule has 0 saturated carbocycles. The van der Waals surface area contributed by atoms with E-state index < -0.39 is 0 Å². The van der Waals surface area contributed by atoms with Crippen molar-refractivity contribution in [3.8, 4) is 23.0 Å². The summed E-state index contributed by atoms with van der Waals surface area (Å²) in [5.74, 6) is 5.57. The second-order valence-electron chi connectivity index (χ2n) is 10.5. The van der Waals surface area contributed by atoms with Gasteiger partial charge in [-0.05, 0) is 96.2 Å². The van der Waals surface area contributed by atoms with Crippen LogP contribution in [0.5, 0.6) is 23.0 Å². The van der Waals surface area contributed by atoms with Crippen molar-refractivity contribution in [3.63, 3.8) is 0 Å². The highest BCUT2D eigenvalue weighted by atomic mass is 79.9. The normalized spacial score (nSPS) is 26.5. The molecule has 4 aliphatic rings. The fraction of sp³-hybridized carbons (Fsp3) is 0.556. The number of ether oxygens (including phenoxy) is 4. The van der Waals surface area contributed by atoms with Gasteiger partial charge in [0.2, 0.25) is 6.79 Å². The van der Waals surface area contributed by atoms with Gasteiger partial charge in [-0.3, -0.25) is 0 Å². The third kappa shape index (κ3) is 5.85. The second kappa shape index (κ2) is 12.1. The quantitative estimate of drug-likeness (QED) is 0.352. The van der Waals surface area contributed by atoms with E-state index in [0.717, 1.165) is 71.3 Å². The summed E-state index contributed by atoms with van der Waals surface area (Å²) in [6.07, 6.45) is 2.34. The first-order valence-electron chi connectivity index (χ1n) is 12.5. The van der Waals surface area contributed by atoms with E-state index in [-0.39, 0.29) is 31.6 Å². The maximum absolute atomic E-state index is 6.13. The first kappa shape index (κ1) is 29.1. The molecule has 37 heavy (non-hydrogen) atoms. The van der Waals surface area contributed by atoms with Crippen LogP contribution in [0.15, 0.2) is 33.2 Å². The molecule has 4 atom stereocenters. The topological polar surface area (TPSA) is 43.4 Å². The zero-order valence-corrected chi connectivity index (χ0v) is 25.9. The first-order valence-corrected chi connectivity index (χ1v) is 14.1. The van der Waals surface area contributed by atoms with Gasteiger partial charge >= 0.3 is 0 Å². The number of hydrogen-bond acceptors (Lipinski definition) is 6. The van der Waals surface area contributed by atoms with E-state index in [0.29, 0.717) is 23.7 Å². The van der Waals surface area contributed by atoms with E-state index in [1.54, 1.807) is 0 Å².